The first-order chi connectivity index (χ1) is 10.6. The van der Waals surface area contributed by atoms with E-state index in [1.54, 1.807) is 0 Å². The molecule has 1 aliphatic rings. The van der Waals surface area contributed by atoms with Gasteiger partial charge in [-0.3, -0.25) is 4.98 Å². The number of hydrogen-bond acceptors (Lipinski definition) is 2. The Bertz CT molecular complexity index is 665. The van der Waals surface area contributed by atoms with Crippen LogP contribution in [-0.4, -0.2) is 26.5 Å². The molecule has 0 spiro atoms. The van der Waals surface area contributed by atoms with E-state index >= 15 is 0 Å². The van der Waals surface area contributed by atoms with Gasteiger partial charge in [-0.15, -0.1) is 0 Å². The van der Waals surface area contributed by atoms with Crippen molar-refractivity contribution in [2.45, 2.75) is 39.3 Å². The van der Waals surface area contributed by atoms with Crippen molar-refractivity contribution in [2.75, 3.05) is 6.54 Å². The van der Waals surface area contributed by atoms with Crippen LogP contribution in [0.3, 0.4) is 0 Å². The normalized spacial score (nSPS) is 21.2. The zero-order valence-corrected chi connectivity index (χ0v) is 14.1. The molecule has 116 valence electrons. The van der Waals surface area contributed by atoms with E-state index < -0.39 is 0 Å². The lowest BCUT2D eigenvalue weighted by Crippen LogP contribution is -2.30. The highest BCUT2D eigenvalue weighted by Gasteiger charge is 2.40. The van der Waals surface area contributed by atoms with E-state index in [4.69, 9.17) is 12.2 Å². The SMILES string of the molecule is CCCN1C(=S)N[C@H](c2ccccn2)[C@@H]1c1cc(C)[nH]c1C. The minimum atomic E-state index is 0.0918. The molecule has 2 aromatic heterocycles. The highest BCUT2D eigenvalue weighted by Crippen LogP contribution is 2.39. The summed E-state index contributed by atoms with van der Waals surface area (Å²) >= 11 is 5.59. The highest BCUT2D eigenvalue weighted by molar-refractivity contribution is 7.80. The first-order valence-electron chi connectivity index (χ1n) is 7.76. The molecular formula is C17H22N4S. The lowest BCUT2D eigenvalue weighted by Gasteiger charge is -2.27. The van der Waals surface area contributed by atoms with Gasteiger partial charge >= 0.3 is 0 Å². The predicted octanol–water partition coefficient (Wildman–Crippen LogP) is 3.41. The molecular weight excluding hydrogens is 292 g/mol. The van der Waals surface area contributed by atoms with Crippen LogP contribution in [0.15, 0.2) is 30.5 Å². The first-order valence-corrected chi connectivity index (χ1v) is 8.16. The Morgan fingerprint density at radius 2 is 2.14 bits per heavy atom. The van der Waals surface area contributed by atoms with Crippen LogP contribution in [0.1, 0.15) is 48.1 Å². The van der Waals surface area contributed by atoms with E-state index in [-0.39, 0.29) is 12.1 Å². The van der Waals surface area contributed by atoms with Gasteiger partial charge in [0.25, 0.3) is 0 Å². The smallest absolute Gasteiger partial charge is 0.170 e. The number of nitrogens with one attached hydrogen (secondary N) is 2. The van der Waals surface area contributed by atoms with Crippen LogP contribution in [-0.2, 0) is 0 Å². The largest absolute Gasteiger partial charge is 0.362 e. The van der Waals surface area contributed by atoms with Crippen LogP contribution < -0.4 is 5.32 Å². The van der Waals surface area contributed by atoms with Gasteiger partial charge in [-0.05, 0) is 56.2 Å². The van der Waals surface area contributed by atoms with E-state index in [0.717, 1.165) is 23.8 Å². The van der Waals surface area contributed by atoms with Crippen LogP contribution in [0.5, 0.6) is 0 Å². The molecule has 2 aromatic rings. The molecule has 4 nitrogen and oxygen atoms in total. The maximum atomic E-state index is 5.59. The summed E-state index contributed by atoms with van der Waals surface area (Å²) in [5.41, 5.74) is 4.72. The zero-order valence-electron chi connectivity index (χ0n) is 13.3. The van der Waals surface area contributed by atoms with Gasteiger partial charge in [-0.25, -0.2) is 0 Å². The van der Waals surface area contributed by atoms with E-state index in [9.17, 15) is 0 Å². The van der Waals surface area contributed by atoms with Gasteiger partial charge in [0.05, 0.1) is 17.8 Å². The third-order valence-electron chi connectivity index (χ3n) is 4.17. The third kappa shape index (κ3) is 2.61. The molecule has 0 bridgehead atoms. The molecule has 0 aliphatic carbocycles. The summed E-state index contributed by atoms with van der Waals surface area (Å²) in [5, 5.41) is 4.29. The summed E-state index contributed by atoms with van der Waals surface area (Å²) in [6, 6.07) is 8.55. The summed E-state index contributed by atoms with van der Waals surface area (Å²) in [7, 11) is 0. The topological polar surface area (TPSA) is 44.0 Å². The fourth-order valence-corrected chi connectivity index (χ4v) is 3.61. The Morgan fingerprint density at radius 3 is 2.73 bits per heavy atom. The lowest BCUT2D eigenvalue weighted by atomic mass is 9.97. The predicted molar refractivity (Wildman–Crippen MR) is 92.7 cm³/mol. The molecule has 1 saturated heterocycles. The maximum absolute atomic E-state index is 5.59. The van der Waals surface area contributed by atoms with Gasteiger partial charge in [0.2, 0.25) is 0 Å². The Morgan fingerprint density at radius 1 is 1.32 bits per heavy atom. The van der Waals surface area contributed by atoms with Crippen LogP contribution in [0, 0.1) is 13.8 Å². The van der Waals surface area contributed by atoms with Gasteiger partial charge in [0.1, 0.15) is 0 Å². The Kier molecular flexibility index (Phi) is 4.16. The van der Waals surface area contributed by atoms with E-state index in [0.29, 0.717) is 0 Å². The first kappa shape index (κ1) is 15.0. The Balaban J connectivity index is 2.05. The molecule has 0 radical (unpaired) electrons. The van der Waals surface area contributed by atoms with E-state index in [1.807, 2.05) is 18.3 Å². The standard InChI is InChI=1S/C17H22N4S/c1-4-9-21-16(13-10-11(2)19-12(13)3)15(20-17(21)22)14-7-5-6-8-18-14/h5-8,10,15-16,19H,4,9H2,1-3H3,(H,20,22)/t15-,16+/m1/s1. The Labute approximate surface area is 136 Å². The summed E-state index contributed by atoms with van der Waals surface area (Å²) in [6.07, 6.45) is 2.91. The van der Waals surface area contributed by atoms with Crippen molar-refractivity contribution < 1.29 is 0 Å². The summed E-state index contributed by atoms with van der Waals surface area (Å²) in [6.45, 7) is 7.35. The third-order valence-corrected chi connectivity index (χ3v) is 4.52. The maximum Gasteiger partial charge on any atom is 0.170 e. The molecule has 2 atom stereocenters. The fourth-order valence-electron chi connectivity index (χ4n) is 3.28. The molecule has 2 N–H and O–H groups in total. The van der Waals surface area contributed by atoms with Crippen LogP contribution in [0.4, 0.5) is 0 Å². The molecule has 3 heterocycles. The number of hydrogen-bond donors (Lipinski definition) is 2. The van der Waals surface area contributed by atoms with Crippen molar-refractivity contribution in [3.05, 3.63) is 53.1 Å². The second kappa shape index (κ2) is 6.08. The minimum absolute atomic E-state index is 0.0918. The van der Waals surface area contributed by atoms with Crippen molar-refractivity contribution in [3.8, 4) is 0 Å². The number of pyridine rings is 1. The summed E-state index contributed by atoms with van der Waals surface area (Å²) < 4.78 is 0. The summed E-state index contributed by atoms with van der Waals surface area (Å²) in [5.74, 6) is 0. The lowest BCUT2D eigenvalue weighted by molar-refractivity contribution is 0.317. The number of aromatic amines is 1. The van der Waals surface area contributed by atoms with Crippen LogP contribution in [0.25, 0.3) is 0 Å². The fraction of sp³-hybridized carbons (Fsp3) is 0.412. The van der Waals surface area contributed by atoms with E-state index in [1.165, 1.54) is 17.0 Å². The van der Waals surface area contributed by atoms with Gasteiger partial charge in [0, 0.05) is 24.1 Å². The van der Waals surface area contributed by atoms with Crippen molar-refractivity contribution in [1.82, 2.24) is 20.2 Å². The molecule has 3 rings (SSSR count). The number of rotatable bonds is 4. The summed E-state index contributed by atoms with van der Waals surface area (Å²) in [4.78, 5) is 10.3. The number of aromatic nitrogens is 2. The number of nitrogens with zero attached hydrogens (tertiary/aromatic N) is 2. The van der Waals surface area contributed by atoms with Gasteiger partial charge in [-0.2, -0.15) is 0 Å². The average molecular weight is 314 g/mol. The van der Waals surface area contributed by atoms with E-state index in [2.05, 4.69) is 53.1 Å². The molecule has 0 saturated carbocycles. The van der Waals surface area contributed by atoms with Crippen molar-refractivity contribution >= 4 is 17.3 Å². The molecule has 5 heteroatoms. The monoisotopic (exact) mass is 314 g/mol. The van der Waals surface area contributed by atoms with Crippen molar-refractivity contribution in [3.63, 3.8) is 0 Å². The highest BCUT2D eigenvalue weighted by atomic mass is 32.1. The van der Waals surface area contributed by atoms with Gasteiger partial charge < -0.3 is 15.2 Å². The number of thiocarbonyl (C=S) groups is 1. The molecule has 0 amide bonds. The molecule has 1 aliphatic heterocycles. The van der Waals surface area contributed by atoms with Crippen molar-refractivity contribution in [1.29, 1.82) is 0 Å². The molecule has 22 heavy (non-hydrogen) atoms. The number of aryl methyl sites for hydroxylation is 2. The number of H-pyrrole nitrogens is 1. The zero-order chi connectivity index (χ0) is 15.7. The molecule has 0 aromatic carbocycles. The van der Waals surface area contributed by atoms with Crippen LogP contribution >= 0.6 is 12.2 Å². The average Bonchev–Trinajstić information content (AvgIpc) is 3.00. The van der Waals surface area contributed by atoms with Gasteiger partial charge in [-0.1, -0.05) is 13.0 Å². The molecule has 0 unspecified atom stereocenters. The van der Waals surface area contributed by atoms with Gasteiger partial charge in [0.15, 0.2) is 5.11 Å². The quantitative estimate of drug-likeness (QED) is 0.849. The molecule has 1 fully saturated rings. The van der Waals surface area contributed by atoms with Crippen LogP contribution in [0.2, 0.25) is 0 Å². The Hall–Kier alpha value is -1.88. The minimum Gasteiger partial charge on any atom is -0.362 e. The second-order valence-electron chi connectivity index (χ2n) is 5.85. The van der Waals surface area contributed by atoms with Crippen molar-refractivity contribution in [2.24, 2.45) is 0 Å². The second-order valence-corrected chi connectivity index (χ2v) is 6.24.